The number of piperidine rings is 1. The molecule has 8 nitrogen and oxygen atoms in total. The van der Waals surface area contributed by atoms with Gasteiger partial charge < -0.3 is 10.2 Å². The highest BCUT2D eigenvalue weighted by Gasteiger charge is 2.27. The van der Waals surface area contributed by atoms with E-state index in [1.54, 1.807) is 24.1 Å². The first-order valence-electron chi connectivity index (χ1n) is 11.3. The molecule has 0 unspecified atom stereocenters. The molecule has 2 amide bonds. The van der Waals surface area contributed by atoms with Crippen molar-refractivity contribution in [2.45, 2.75) is 18.8 Å². The van der Waals surface area contributed by atoms with E-state index in [-0.39, 0.29) is 33.4 Å². The minimum atomic E-state index is -1.04. The van der Waals surface area contributed by atoms with Gasteiger partial charge in [-0.1, -0.05) is 23.7 Å². The van der Waals surface area contributed by atoms with Crippen molar-refractivity contribution in [1.29, 1.82) is 0 Å². The second kappa shape index (κ2) is 9.62. The molecule has 11 heteroatoms. The molecule has 0 saturated carbocycles. The molecule has 1 fully saturated rings. The number of hydrogen-bond acceptors (Lipinski definition) is 5. The van der Waals surface area contributed by atoms with Crippen molar-refractivity contribution >= 4 is 40.0 Å². The first kappa shape index (κ1) is 23.8. The summed E-state index contributed by atoms with van der Waals surface area (Å²) >= 11 is 6.13. The van der Waals surface area contributed by atoms with Gasteiger partial charge in [-0.05, 0) is 48.6 Å². The highest BCUT2D eigenvalue weighted by atomic mass is 35.5. The Balaban J connectivity index is 1.23. The maximum absolute atomic E-state index is 13.6. The lowest BCUT2D eigenvalue weighted by atomic mass is 9.89. The van der Waals surface area contributed by atoms with Gasteiger partial charge in [-0.15, -0.1) is 0 Å². The number of rotatable bonds is 4. The molecule has 1 N–H and O–H groups in total. The van der Waals surface area contributed by atoms with Crippen molar-refractivity contribution < 1.29 is 18.4 Å². The van der Waals surface area contributed by atoms with E-state index in [4.69, 9.17) is 11.6 Å². The van der Waals surface area contributed by atoms with Crippen LogP contribution in [0, 0.1) is 11.6 Å². The van der Waals surface area contributed by atoms with Gasteiger partial charge in [0.05, 0.1) is 11.1 Å². The van der Waals surface area contributed by atoms with Gasteiger partial charge >= 0.3 is 0 Å². The number of aryl methyl sites for hydroxylation is 1. The minimum Gasteiger partial charge on any atom is -0.336 e. The summed E-state index contributed by atoms with van der Waals surface area (Å²) < 4.78 is 28.5. The summed E-state index contributed by atoms with van der Waals surface area (Å²) in [6.07, 6.45) is 2.99. The Morgan fingerprint density at radius 1 is 1.06 bits per heavy atom. The van der Waals surface area contributed by atoms with Crippen LogP contribution >= 0.6 is 11.6 Å². The number of nitrogens with one attached hydrogen (secondary N) is 1. The molecule has 5 rings (SSSR count). The summed E-state index contributed by atoms with van der Waals surface area (Å²) in [5, 5.41) is 6.88. The first-order valence-corrected chi connectivity index (χ1v) is 11.7. The summed E-state index contributed by atoms with van der Waals surface area (Å²) in [5.41, 5.74) is 1.88. The maximum atomic E-state index is 13.6. The third-order valence-electron chi connectivity index (χ3n) is 6.38. The molecule has 184 valence electrons. The molecule has 0 bridgehead atoms. The largest absolute Gasteiger partial charge is 0.336 e. The van der Waals surface area contributed by atoms with Crippen LogP contribution in [-0.2, 0) is 7.05 Å². The SMILES string of the molecule is Cn1ncnc1C(=O)N1CCC(c2ccc(NC(=O)c3cc4cc(F)c(F)cc4nc3Cl)cc2)CC1. The number of pyridine rings is 1. The number of carbonyl (C=O) groups excluding carboxylic acids is 2. The van der Waals surface area contributed by atoms with Crippen molar-refractivity contribution in [3.63, 3.8) is 0 Å². The van der Waals surface area contributed by atoms with Crippen molar-refractivity contribution in [3.8, 4) is 0 Å². The van der Waals surface area contributed by atoms with Gasteiger partial charge in [-0.3, -0.25) is 9.59 Å². The van der Waals surface area contributed by atoms with E-state index < -0.39 is 17.5 Å². The Bertz CT molecular complexity index is 1470. The molecule has 2 aromatic heterocycles. The van der Waals surface area contributed by atoms with Crippen LogP contribution in [0.2, 0.25) is 5.15 Å². The molecule has 0 atom stereocenters. The molecular weight excluding hydrogens is 490 g/mol. The smallest absolute Gasteiger partial charge is 0.291 e. The van der Waals surface area contributed by atoms with E-state index in [1.807, 2.05) is 12.1 Å². The van der Waals surface area contributed by atoms with Gasteiger partial charge in [0.1, 0.15) is 11.5 Å². The zero-order valence-electron chi connectivity index (χ0n) is 19.2. The van der Waals surface area contributed by atoms with E-state index >= 15 is 0 Å². The van der Waals surface area contributed by atoms with E-state index in [0.29, 0.717) is 24.6 Å². The number of benzene rings is 2. The van der Waals surface area contributed by atoms with Gasteiger partial charge in [0.25, 0.3) is 11.8 Å². The fraction of sp³-hybridized carbons (Fsp3) is 0.240. The number of likely N-dealkylation sites (tertiary alicyclic amines) is 1. The van der Waals surface area contributed by atoms with E-state index in [9.17, 15) is 18.4 Å². The third kappa shape index (κ3) is 4.64. The van der Waals surface area contributed by atoms with Crippen LogP contribution in [0.15, 0.2) is 48.8 Å². The zero-order chi connectivity index (χ0) is 25.4. The van der Waals surface area contributed by atoms with E-state index in [1.165, 1.54) is 17.1 Å². The van der Waals surface area contributed by atoms with Crippen LogP contribution in [-0.4, -0.2) is 49.6 Å². The number of hydrogen-bond donors (Lipinski definition) is 1. The van der Waals surface area contributed by atoms with Gasteiger partial charge in [-0.25, -0.2) is 23.4 Å². The van der Waals surface area contributed by atoms with Gasteiger partial charge in [-0.2, -0.15) is 5.10 Å². The summed E-state index contributed by atoms with van der Waals surface area (Å²) in [6.45, 7) is 1.24. The number of fused-ring (bicyclic) bond motifs is 1. The number of aromatic nitrogens is 4. The summed E-state index contributed by atoms with van der Waals surface area (Å²) in [6, 6.07) is 10.8. The van der Waals surface area contributed by atoms with Crippen molar-refractivity contribution in [2.24, 2.45) is 7.05 Å². The van der Waals surface area contributed by atoms with Crippen LogP contribution < -0.4 is 5.32 Å². The Kier molecular flexibility index (Phi) is 6.36. The van der Waals surface area contributed by atoms with Crippen LogP contribution in [0.1, 0.15) is 45.3 Å². The Labute approximate surface area is 209 Å². The van der Waals surface area contributed by atoms with Crippen LogP contribution in [0.25, 0.3) is 10.9 Å². The standard InChI is InChI=1S/C25H21ClF2N6O2/c1-33-23(29-13-30-33)25(36)34-8-6-15(7-9-34)14-2-4-17(5-3-14)31-24(35)18-10-16-11-19(27)20(28)12-21(16)32-22(18)26/h2-5,10-13,15H,6-9H2,1H3,(H,31,35). The Hall–Kier alpha value is -3.92. The molecule has 0 aliphatic carbocycles. The van der Waals surface area contributed by atoms with Crippen molar-refractivity contribution in [2.75, 3.05) is 18.4 Å². The molecule has 1 saturated heterocycles. The van der Waals surface area contributed by atoms with Crippen LogP contribution in [0.4, 0.5) is 14.5 Å². The molecular formula is C25H21ClF2N6O2. The van der Waals surface area contributed by atoms with Crippen LogP contribution in [0.5, 0.6) is 0 Å². The summed E-state index contributed by atoms with van der Waals surface area (Å²) in [5.74, 6) is -2.09. The predicted molar refractivity (Wildman–Crippen MR) is 130 cm³/mol. The molecule has 4 aromatic rings. The lowest BCUT2D eigenvalue weighted by Crippen LogP contribution is -2.39. The fourth-order valence-corrected chi connectivity index (χ4v) is 4.62. The summed E-state index contributed by atoms with van der Waals surface area (Å²) in [7, 11) is 1.69. The maximum Gasteiger partial charge on any atom is 0.291 e. The number of carbonyl (C=O) groups is 2. The number of halogens is 3. The lowest BCUT2D eigenvalue weighted by molar-refractivity contribution is 0.0695. The monoisotopic (exact) mass is 510 g/mol. The fourth-order valence-electron chi connectivity index (χ4n) is 4.39. The molecule has 1 aliphatic heterocycles. The zero-order valence-corrected chi connectivity index (χ0v) is 20.0. The van der Waals surface area contributed by atoms with E-state index in [0.717, 1.165) is 30.5 Å². The van der Waals surface area contributed by atoms with Crippen LogP contribution in [0.3, 0.4) is 0 Å². The molecule has 2 aromatic carbocycles. The molecule has 36 heavy (non-hydrogen) atoms. The third-order valence-corrected chi connectivity index (χ3v) is 6.67. The molecule has 0 spiro atoms. The Morgan fingerprint density at radius 2 is 1.75 bits per heavy atom. The second-order valence-corrected chi connectivity index (χ2v) is 8.99. The number of amides is 2. The average molecular weight is 511 g/mol. The summed E-state index contributed by atoms with van der Waals surface area (Å²) in [4.78, 5) is 35.3. The lowest BCUT2D eigenvalue weighted by Gasteiger charge is -2.32. The second-order valence-electron chi connectivity index (χ2n) is 8.64. The number of nitrogens with zero attached hydrogens (tertiary/aromatic N) is 5. The molecule has 0 radical (unpaired) electrons. The highest BCUT2D eigenvalue weighted by molar-refractivity contribution is 6.33. The van der Waals surface area contributed by atoms with Crippen molar-refractivity contribution in [1.82, 2.24) is 24.6 Å². The molecule has 1 aliphatic rings. The minimum absolute atomic E-state index is 0.0548. The average Bonchev–Trinajstić information content (AvgIpc) is 3.30. The van der Waals surface area contributed by atoms with Gasteiger partial charge in [0.2, 0.25) is 5.82 Å². The molecule has 3 heterocycles. The topological polar surface area (TPSA) is 93.0 Å². The number of anilines is 1. The highest BCUT2D eigenvalue weighted by Crippen LogP contribution is 2.30. The Morgan fingerprint density at radius 3 is 2.42 bits per heavy atom. The van der Waals surface area contributed by atoms with Crippen molar-refractivity contribution in [3.05, 3.63) is 82.5 Å². The normalized spacial score (nSPS) is 14.3. The first-order chi connectivity index (χ1) is 17.3. The van der Waals surface area contributed by atoms with Gasteiger partial charge in [0, 0.05) is 37.3 Å². The van der Waals surface area contributed by atoms with E-state index in [2.05, 4.69) is 20.4 Å². The quantitative estimate of drug-likeness (QED) is 0.406. The predicted octanol–water partition coefficient (Wildman–Crippen LogP) is 4.57. The van der Waals surface area contributed by atoms with Gasteiger partial charge in [0.15, 0.2) is 11.6 Å².